The molecule has 0 N–H and O–H groups in total. The molecule has 0 aliphatic carbocycles. The van der Waals surface area contributed by atoms with Crippen molar-refractivity contribution in [2.45, 2.75) is 31.0 Å². The van der Waals surface area contributed by atoms with Crippen molar-refractivity contribution in [3.8, 4) is 23.2 Å². The number of hydrogen-bond acceptors (Lipinski definition) is 9. The minimum atomic E-state index is -1.06. The number of nitriles is 1. The third kappa shape index (κ3) is 5.70. The normalized spacial score (nSPS) is 20.1. The zero-order valence-corrected chi connectivity index (χ0v) is 27.4. The van der Waals surface area contributed by atoms with Crippen LogP contribution in [0.2, 0.25) is 5.02 Å². The summed E-state index contributed by atoms with van der Waals surface area (Å²) in [7, 11) is 3.75. The van der Waals surface area contributed by atoms with Crippen LogP contribution in [0.4, 0.5) is 10.2 Å². The molecule has 12 heteroatoms. The lowest BCUT2D eigenvalue weighted by atomic mass is 9.94. The summed E-state index contributed by atoms with van der Waals surface area (Å²) in [5, 5.41) is 13.7. The number of carbonyl (C=O) groups excluding carboxylic acids is 1. The van der Waals surface area contributed by atoms with Gasteiger partial charge in [0.15, 0.2) is 5.83 Å². The molecule has 7 rings (SSSR count). The van der Waals surface area contributed by atoms with Crippen LogP contribution >= 0.6 is 11.6 Å². The summed E-state index contributed by atoms with van der Waals surface area (Å²) >= 11 is 6.77. The number of anilines is 1. The molecule has 2 aromatic heterocycles. The molecule has 2 aliphatic heterocycles. The van der Waals surface area contributed by atoms with Crippen LogP contribution < -0.4 is 9.64 Å². The van der Waals surface area contributed by atoms with Crippen molar-refractivity contribution in [3.63, 3.8) is 0 Å². The van der Waals surface area contributed by atoms with Crippen LogP contribution in [0.3, 0.4) is 0 Å². The molecule has 2 saturated heterocycles. The standard InChI is InChI=1S/C36H34ClFN6O4/c1-21(38)35(45)44-14-13-43(18-23(44)10-12-39)34-32-30(40-36(41-34)48-20-24-16-25(46-3)19-42(24)2)17-28(27-11-15-47-33(27)32)26-8-4-6-22-7-5-9-29(37)31(22)26/h4-9,11,15,17,23-25H,1,10,13-14,16,18-20H2,2-3H3/t23-,24-,25+/m0/s1. The number of aromatic nitrogens is 2. The highest BCUT2D eigenvalue weighted by atomic mass is 35.5. The first-order valence-corrected chi connectivity index (χ1v) is 16.2. The second-order valence-electron chi connectivity index (χ2n) is 12.3. The molecule has 0 spiro atoms. The van der Waals surface area contributed by atoms with E-state index in [0.717, 1.165) is 40.3 Å². The van der Waals surface area contributed by atoms with E-state index >= 15 is 0 Å². The van der Waals surface area contributed by atoms with E-state index in [0.29, 0.717) is 40.5 Å². The second-order valence-corrected chi connectivity index (χ2v) is 12.7. The topological polar surface area (TPSA) is 108 Å². The summed E-state index contributed by atoms with van der Waals surface area (Å²) in [6.07, 6.45) is 2.59. The number of likely N-dealkylation sites (N-methyl/N-ethyl adjacent to an activating group) is 1. The van der Waals surface area contributed by atoms with Crippen LogP contribution in [-0.4, -0.2) is 90.8 Å². The summed E-state index contributed by atoms with van der Waals surface area (Å²) in [5.41, 5.74) is 3.00. The smallest absolute Gasteiger partial charge is 0.319 e. The average Bonchev–Trinajstić information content (AvgIpc) is 3.73. The SMILES string of the molecule is C=C(F)C(=O)N1CCN(c2nc(OC[C@@H]3C[C@@H](OC)CN3C)nc3cc(-c4cccc5cccc(Cl)c45)c4ccoc4c23)C[C@@H]1CC#N. The highest BCUT2D eigenvalue weighted by Crippen LogP contribution is 2.43. The molecule has 10 nitrogen and oxygen atoms in total. The molecule has 4 heterocycles. The van der Waals surface area contributed by atoms with Gasteiger partial charge in [0, 0.05) is 55.1 Å². The van der Waals surface area contributed by atoms with Crippen molar-refractivity contribution in [1.29, 1.82) is 5.26 Å². The summed E-state index contributed by atoms with van der Waals surface area (Å²) in [6.45, 7) is 5.09. The van der Waals surface area contributed by atoms with Gasteiger partial charge in [-0.15, -0.1) is 0 Å². The van der Waals surface area contributed by atoms with E-state index < -0.39 is 17.8 Å². The Kier molecular flexibility index (Phi) is 8.64. The van der Waals surface area contributed by atoms with Crippen LogP contribution in [0, 0.1) is 11.3 Å². The van der Waals surface area contributed by atoms with Gasteiger partial charge in [0.1, 0.15) is 18.0 Å². The highest BCUT2D eigenvalue weighted by molar-refractivity contribution is 6.37. The number of nitrogens with zero attached hydrogens (tertiary/aromatic N) is 6. The van der Waals surface area contributed by atoms with Gasteiger partial charge < -0.3 is 23.7 Å². The Labute approximate surface area is 281 Å². The fraction of sp³-hybridized carbons (Fsp3) is 0.333. The number of hydrogen-bond donors (Lipinski definition) is 0. The van der Waals surface area contributed by atoms with Gasteiger partial charge >= 0.3 is 6.01 Å². The van der Waals surface area contributed by atoms with E-state index in [-0.39, 0.29) is 37.7 Å². The molecular weight excluding hydrogens is 635 g/mol. The van der Waals surface area contributed by atoms with Crippen LogP contribution in [-0.2, 0) is 9.53 Å². The number of rotatable bonds is 8. The predicted octanol–water partition coefficient (Wildman–Crippen LogP) is 6.36. The first-order chi connectivity index (χ1) is 23.3. The van der Waals surface area contributed by atoms with Crippen LogP contribution in [0.1, 0.15) is 12.8 Å². The molecule has 0 unspecified atom stereocenters. The van der Waals surface area contributed by atoms with Gasteiger partial charge in [-0.2, -0.15) is 15.2 Å². The third-order valence-corrected chi connectivity index (χ3v) is 9.81. The zero-order chi connectivity index (χ0) is 33.5. The van der Waals surface area contributed by atoms with Crippen LogP contribution in [0.25, 0.3) is 43.8 Å². The number of fused-ring (bicyclic) bond motifs is 4. The molecular formula is C36H34ClFN6O4. The monoisotopic (exact) mass is 668 g/mol. The molecule has 0 saturated carbocycles. The van der Waals surface area contributed by atoms with Gasteiger partial charge in [0.25, 0.3) is 5.91 Å². The molecule has 3 aromatic carbocycles. The molecule has 2 aliphatic rings. The fourth-order valence-electron chi connectivity index (χ4n) is 7.05. The summed E-state index contributed by atoms with van der Waals surface area (Å²) in [4.78, 5) is 28.0. The van der Waals surface area contributed by atoms with E-state index in [4.69, 9.17) is 35.5 Å². The maximum atomic E-state index is 13.9. The Bertz CT molecular complexity index is 2090. The van der Waals surface area contributed by atoms with Crippen LogP contribution in [0.15, 0.2) is 71.6 Å². The molecule has 1 amide bonds. The minimum absolute atomic E-state index is 0.0126. The van der Waals surface area contributed by atoms with Gasteiger partial charge in [-0.05, 0) is 48.2 Å². The fourth-order valence-corrected chi connectivity index (χ4v) is 7.33. The summed E-state index contributed by atoms with van der Waals surface area (Å²) in [6, 6.07) is 17.7. The molecule has 246 valence electrons. The molecule has 0 bridgehead atoms. The quantitative estimate of drug-likeness (QED) is 0.175. The molecule has 0 radical (unpaired) electrons. The first-order valence-electron chi connectivity index (χ1n) is 15.8. The molecule has 48 heavy (non-hydrogen) atoms. The highest BCUT2D eigenvalue weighted by Gasteiger charge is 2.35. The van der Waals surface area contributed by atoms with Crippen molar-refractivity contribution >= 4 is 56.0 Å². The maximum absolute atomic E-state index is 13.9. The van der Waals surface area contributed by atoms with E-state index in [1.165, 1.54) is 4.90 Å². The maximum Gasteiger partial charge on any atom is 0.319 e. The largest absolute Gasteiger partial charge is 0.463 e. The van der Waals surface area contributed by atoms with Gasteiger partial charge in [-0.1, -0.05) is 48.5 Å². The van der Waals surface area contributed by atoms with Crippen molar-refractivity contribution < 1.29 is 23.1 Å². The lowest BCUT2D eigenvalue weighted by Crippen LogP contribution is -2.55. The van der Waals surface area contributed by atoms with E-state index in [9.17, 15) is 14.4 Å². The van der Waals surface area contributed by atoms with Gasteiger partial charge in [-0.25, -0.2) is 4.39 Å². The predicted molar refractivity (Wildman–Crippen MR) is 183 cm³/mol. The van der Waals surface area contributed by atoms with Crippen molar-refractivity contribution in [3.05, 3.63) is 72.2 Å². The van der Waals surface area contributed by atoms with E-state index in [1.807, 2.05) is 60.5 Å². The minimum Gasteiger partial charge on any atom is -0.463 e. The Hall–Kier alpha value is -4.76. The first kappa shape index (κ1) is 31.8. The second kappa shape index (κ2) is 13.0. The zero-order valence-electron chi connectivity index (χ0n) is 26.7. The molecule has 3 atom stereocenters. The molecule has 5 aromatic rings. The summed E-state index contributed by atoms with van der Waals surface area (Å²) < 4.78 is 32.0. The molecule has 2 fully saturated rings. The number of likely N-dealkylation sites (tertiary alicyclic amines) is 1. The van der Waals surface area contributed by atoms with Crippen molar-refractivity contribution in [2.75, 3.05) is 51.8 Å². The average molecular weight is 669 g/mol. The van der Waals surface area contributed by atoms with E-state index in [2.05, 4.69) is 17.5 Å². The summed E-state index contributed by atoms with van der Waals surface area (Å²) in [5.74, 6) is -1.32. The van der Waals surface area contributed by atoms with Gasteiger partial charge in [0.05, 0.1) is 41.8 Å². The number of piperazine rings is 1. The number of amides is 1. The Morgan fingerprint density at radius 2 is 1.94 bits per heavy atom. The Balaban J connectivity index is 1.37. The van der Waals surface area contributed by atoms with Crippen LogP contribution in [0.5, 0.6) is 6.01 Å². The lowest BCUT2D eigenvalue weighted by Gasteiger charge is -2.41. The van der Waals surface area contributed by atoms with E-state index in [1.54, 1.807) is 13.4 Å². The third-order valence-electron chi connectivity index (χ3n) is 9.50. The number of ether oxygens (including phenoxy) is 2. The van der Waals surface area contributed by atoms with Gasteiger partial charge in [0.2, 0.25) is 0 Å². The number of carbonyl (C=O) groups is 1. The Morgan fingerprint density at radius 3 is 2.69 bits per heavy atom. The number of methoxy groups -OCH3 is 1. The van der Waals surface area contributed by atoms with Gasteiger partial charge in [-0.3, -0.25) is 9.69 Å². The lowest BCUT2D eigenvalue weighted by molar-refractivity contribution is -0.131. The Morgan fingerprint density at radius 1 is 1.12 bits per heavy atom. The number of halogens is 2. The van der Waals surface area contributed by atoms with Crippen molar-refractivity contribution in [2.24, 2.45) is 0 Å². The number of furan rings is 1. The van der Waals surface area contributed by atoms with Crippen molar-refractivity contribution in [1.82, 2.24) is 19.8 Å². The number of benzene rings is 3.